The van der Waals surface area contributed by atoms with E-state index in [0.717, 1.165) is 5.56 Å². The third-order valence-corrected chi connectivity index (χ3v) is 5.41. The van der Waals surface area contributed by atoms with Gasteiger partial charge in [0.05, 0.1) is 5.69 Å². The first-order valence-corrected chi connectivity index (χ1v) is 9.23. The molecule has 1 N–H and O–H groups in total. The zero-order valence-electron chi connectivity index (χ0n) is 12.6. The molecule has 0 fully saturated rings. The summed E-state index contributed by atoms with van der Waals surface area (Å²) in [7, 11) is -2.11. The number of carbonyl (C=O) groups is 1. The number of amides is 1. The van der Waals surface area contributed by atoms with Gasteiger partial charge in [0.2, 0.25) is 15.9 Å². The van der Waals surface area contributed by atoms with Gasteiger partial charge in [0, 0.05) is 38.2 Å². The van der Waals surface area contributed by atoms with Crippen LogP contribution in [0.2, 0.25) is 0 Å². The lowest BCUT2D eigenvalue weighted by Gasteiger charge is -2.19. The van der Waals surface area contributed by atoms with Crippen molar-refractivity contribution < 1.29 is 17.9 Å². The van der Waals surface area contributed by atoms with Crippen LogP contribution in [0.25, 0.3) is 0 Å². The number of carbonyl (C=O) groups excluding carboxylic acids is 1. The molecule has 0 unspecified atom stereocenters. The van der Waals surface area contributed by atoms with E-state index in [1.807, 2.05) is 6.07 Å². The summed E-state index contributed by atoms with van der Waals surface area (Å²) < 4.78 is 33.3. The van der Waals surface area contributed by atoms with Gasteiger partial charge < -0.3 is 9.64 Å². The molecule has 0 radical (unpaired) electrons. The quantitative estimate of drug-likeness (QED) is 0.749. The molecule has 2 rings (SSSR count). The van der Waals surface area contributed by atoms with Gasteiger partial charge in [0.25, 0.3) is 0 Å². The minimum atomic E-state index is -3.68. The third kappa shape index (κ3) is 3.68. The molecule has 1 heterocycles. The van der Waals surface area contributed by atoms with Crippen LogP contribution in [0.4, 0.5) is 5.69 Å². The smallest absolute Gasteiger partial charge is 0.242 e. The topological polar surface area (TPSA) is 75.7 Å². The number of nitrogens with one attached hydrogen (secondary N) is 1. The standard InChI is InChI=1S/C14H19BrN2O4S/c1-10(18)17-6-4-11-8-12(15)9-13(14(11)17)22(19,20)16-5-3-7-21-2/h8-9,16H,3-7H2,1-2H3. The average molecular weight is 391 g/mol. The first-order valence-electron chi connectivity index (χ1n) is 6.96. The molecule has 1 aromatic rings. The van der Waals surface area contributed by atoms with E-state index >= 15 is 0 Å². The zero-order valence-corrected chi connectivity index (χ0v) is 15.0. The largest absolute Gasteiger partial charge is 0.385 e. The molecule has 1 amide bonds. The number of methoxy groups -OCH3 is 1. The van der Waals surface area contributed by atoms with Crippen molar-refractivity contribution in [1.29, 1.82) is 0 Å². The molecule has 122 valence electrons. The van der Waals surface area contributed by atoms with Gasteiger partial charge in [-0.25, -0.2) is 13.1 Å². The molecule has 0 bridgehead atoms. The Balaban J connectivity index is 2.36. The average Bonchev–Trinajstić information content (AvgIpc) is 2.86. The van der Waals surface area contributed by atoms with Crippen LogP contribution in [-0.4, -0.2) is 41.1 Å². The number of sulfonamides is 1. The molecule has 0 aliphatic carbocycles. The number of ether oxygens (including phenoxy) is 1. The molecule has 8 heteroatoms. The van der Waals surface area contributed by atoms with Crippen LogP contribution in [0.1, 0.15) is 18.9 Å². The van der Waals surface area contributed by atoms with Crippen molar-refractivity contribution >= 4 is 37.5 Å². The van der Waals surface area contributed by atoms with Crippen molar-refractivity contribution in [2.24, 2.45) is 0 Å². The van der Waals surface area contributed by atoms with E-state index in [0.29, 0.717) is 36.2 Å². The number of anilines is 1. The van der Waals surface area contributed by atoms with Crippen LogP contribution < -0.4 is 9.62 Å². The SMILES string of the molecule is COCCCNS(=O)(=O)c1cc(Br)cc2c1N(C(C)=O)CC2. The maximum Gasteiger partial charge on any atom is 0.242 e. The number of hydrogen-bond donors (Lipinski definition) is 1. The fraction of sp³-hybridized carbons (Fsp3) is 0.500. The number of rotatable bonds is 6. The molecule has 1 aromatic carbocycles. The molecule has 0 atom stereocenters. The second-order valence-corrected chi connectivity index (χ2v) is 7.73. The summed E-state index contributed by atoms with van der Waals surface area (Å²) in [6.45, 7) is 2.73. The van der Waals surface area contributed by atoms with Crippen LogP contribution in [0.15, 0.2) is 21.5 Å². The predicted octanol–water partition coefficient (Wildman–Crippen LogP) is 1.67. The Morgan fingerprint density at radius 3 is 2.82 bits per heavy atom. The van der Waals surface area contributed by atoms with Gasteiger partial charge in [-0.15, -0.1) is 0 Å². The van der Waals surface area contributed by atoms with Gasteiger partial charge in [0.1, 0.15) is 4.90 Å². The van der Waals surface area contributed by atoms with E-state index in [1.54, 1.807) is 13.2 Å². The molecule has 0 spiro atoms. The Morgan fingerprint density at radius 2 is 2.18 bits per heavy atom. The van der Waals surface area contributed by atoms with Gasteiger partial charge in [-0.3, -0.25) is 4.79 Å². The second kappa shape index (κ2) is 7.08. The van der Waals surface area contributed by atoms with Gasteiger partial charge in [-0.2, -0.15) is 0 Å². The van der Waals surface area contributed by atoms with E-state index in [2.05, 4.69) is 20.7 Å². The van der Waals surface area contributed by atoms with E-state index in [4.69, 9.17) is 4.74 Å². The molecule has 0 aromatic heterocycles. The Bertz CT molecular complexity index is 676. The summed E-state index contributed by atoms with van der Waals surface area (Å²) in [6.07, 6.45) is 1.24. The fourth-order valence-corrected chi connectivity index (χ4v) is 4.49. The molecule has 1 aliphatic heterocycles. The van der Waals surface area contributed by atoms with Crippen molar-refractivity contribution in [2.45, 2.75) is 24.7 Å². The molecule has 0 saturated heterocycles. The monoisotopic (exact) mass is 390 g/mol. The lowest BCUT2D eigenvalue weighted by molar-refractivity contribution is -0.116. The highest BCUT2D eigenvalue weighted by Crippen LogP contribution is 2.37. The maximum atomic E-state index is 12.6. The summed E-state index contributed by atoms with van der Waals surface area (Å²) in [4.78, 5) is 13.4. The van der Waals surface area contributed by atoms with Gasteiger partial charge in [0.15, 0.2) is 0 Å². The van der Waals surface area contributed by atoms with Crippen molar-refractivity contribution in [2.75, 3.05) is 31.7 Å². The zero-order chi connectivity index (χ0) is 16.3. The number of halogens is 1. The van der Waals surface area contributed by atoms with Crippen LogP contribution >= 0.6 is 15.9 Å². The molecule has 6 nitrogen and oxygen atoms in total. The molecule has 22 heavy (non-hydrogen) atoms. The molecule has 1 aliphatic rings. The highest BCUT2D eigenvalue weighted by molar-refractivity contribution is 9.10. The summed E-state index contributed by atoms with van der Waals surface area (Å²) in [5.41, 5.74) is 1.36. The normalized spacial score (nSPS) is 14.2. The second-order valence-electron chi connectivity index (χ2n) is 5.08. The molecular formula is C14H19BrN2O4S. The minimum absolute atomic E-state index is 0.141. The molecule has 0 saturated carbocycles. The van der Waals surface area contributed by atoms with Crippen molar-refractivity contribution in [3.05, 3.63) is 22.2 Å². The van der Waals surface area contributed by atoms with Crippen molar-refractivity contribution in [3.63, 3.8) is 0 Å². The fourth-order valence-electron chi connectivity index (χ4n) is 2.49. The van der Waals surface area contributed by atoms with E-state index in [1.165, 1.54) is 11.8 Å². The maximum absolute atomic E-state index is 12.6. The Labute approximate surface area is 139 Å². The lowest BCUT2D eigenvalue weighted by atomic mass is 10.2. The highest BCUT2D eigenvalue weighted by Gasteiger charge is 2.31. The summed E-state index contributed by atoms with van der Waals surface area (Å²) in [5, 5.41) is 0. The van der Waals surface area contributed by atoms with Crippen molar-refractivity contribution in [3.8, 4) is 0 Å². The third-order valence-electron chi connectivity index (χ3n) is 3.48. The summed E-state index contributed by atoms with van der Waals surface area (Å²) in [6, 6.07) is 3.40. The highest BCUT2D eigenvalue weighted by atomic mass is 79.9. The minimum Gasteiger partial charge on any atom is -0.385 e. The van der Waals surface area contributed by atoms with Crippen LogP contribution in [0.3, 0.4) is 0 Å². The Hall–Kier alpha value is -0.960. The van der Waals surface area contributed by atoms with Crippen molar-refractivity contribution in [1.82, 2.24) is 4.72 Å². The first-order chi connectivity index (χ1) is 10.4. The van der Waals surface area contributed by atoms with E-state index < -0.39 is 10.0 Å². The van der Waals surface area contributed by atoms with Crippen LogP contribution in [0, 0.1) is 0 Å². The van der Waals surface area contributed by atoms with E-state index in [-0.39, 0.29) is 17.3 Å². The van der Waals surface area contributed by atoms with Crippen LogP contribution in [-0.2, 0) is 26.0 Å². The summed E-state index contributed by atoms with van der Waals surface area (Å²) >= 11 is 3.34. The number of fused-ring (bicyclic) bond motifs is 1. The van der Waals surface area contributed by atoms with E-state index in [9.17, 15) is 13.2 Å². The van der Waals surface area contributed by atoms with Gasteiger partial charge >= 0.3 is 0 Å². The predicted molar refractivity (Wildman–Crippen MR) is 87.6 cm³/mol. The Morgan fingerprint density at radius 1 is 1.45 bits per heavy atom. The number of benzene rings is 1. The van der Waals surface area contributed by atoms with Gasteiger partial charge in [-0.1, -0.05) is 15.9 Å². The number of nitrogens with zero attached hydrogens (tertiary/aromatic N) is 1. The summed E-state index contributed by atoms with van der Waals surface area (Å²) in [5.74, 6) is -0.156. The first kappa shape index (κ1) is 17.4. The molecular weight excluding hydrogens is 372 g/mol. The lowest BCUT2D eigenvalue weighted by Crippen LogP contribution is -2.30. The van der Waals surface area contributed by atoms with Gasteiger partial charge in [-0.05, 0) is 30.5 Å². The Kier molecular flexibility index (Phi) is 5.60. The number of hydrogen-bond acceptors (Lipinski definition) is 4. The van der Waals surface area contributed by atoms with Crippen LogP contribution in [0.5, 0.6) is 0 Å².